The molecule has 0 spiro atoms. The molecule has 0 bridgehead atoms. The van der Waals surface area contributed by atoms with Gasteiger partial charge in [-0.1, -0.05) is 72.6 Å². The Bertz CT molecular complexity index is 615. The summed E-state index contributed by atoms with van der Waals surface area (Å²) in [6.07, 6.45) is 11.6. The Morgan fingerprint density at radius 3 is 1.68 bits per heavy atom. The van der Waals surface area contributed by atoms with Crippen molar-refractivity contribution in [2.45, 2.75) is 169 Å². The van der Waals surface area contributed by atoms with Crippen molar-refractivity contribution in [1.82, 2.24) is 0 Å². The molecule has 2 unspecified atom stereocenters. The summed E-state index contributed by atoms with van der Waals surface area (Å²) >= 11 is 0. The van der Waals surface area contributed by atoms with E-state index in [0.717, 1.165) is 70.6 Å². The maximum Gasteiger partial charge on any atom is 0.508 e. The number of carboxylic acid groups (broad SMARTS) is 1. The highest BCUT2D eigenvalue weighted by Crippen LogP contribution is 2.22. The van der Waals surface area contributed by atoms with Crippen LogP contribution in [-0.2, 0) is 23.8 Å². The van der Waals surface area contributed by atoms with Gasteiger partial charge < -0.3 is 19.3 Å². The van der Waals surface area contributed by atoms with Crippen molar-refractivity contribution in [1.29, 1.82) is 0 Å². The minimum atomic E-state index is -0.907. The van der Waals surface area contributed by atoms with Crippen molar-refractivity contribution in [3.63, 3.8) is 0 Å². The number of hydrogen-bond donors (Lipinski definition) is 1. The molecular weight excluding hydrogens is 472 g/mol. The van der Waals surface area contributed by atoms with Gasteiger partial charge in [0.2, 0.25) is 0 Å². The van der Waals surface area contributed by atoms with E-state index in [-0.39, 0.29) is 25.2 Å². The minimum Gasteiger partial charge on any atom is -0.481 e. The van der Waals surface area contributed by atoms with Gasteiger partial charge >= 0.3 is 18.1 Å². The van der Waals surface area contributed by atoms with Gasteiger partial charge in [-0.2, -0.15) is 0 Å². The highest BCUT2D eigenvalue weighted by molar-refractivity contribution is 5.70. The van der Waals surface area contributed by atoms with Gasteiger partial charge in [0.1, 0.15) is 17.8 Å². The fourth-order valence-corrected chi connectivity index (χ4v) is 4.33. The SMILES string of the molecule is CCCCCCC(CCC(=O)O)OC(=O)OC(CCCCCC)CCC(=O)OC(C)(C)CCCC(C)C. The predicted octanol–water partition coefficient (Wildman–Crippen LogP) is 8.61. The molecule has 0 aliphatic carbocycles. The molecule has 7 nitrogen and oxygen atoms in total. The first kappa shape index (κ1) is 35.2. The van der Waals surface area contributed by atoms with Gasteiger partial charge in [0.25, 0.3) is 0 Å². The summed E-state index contributed by atoms with van der Waals surface area (Å²) in [5, 5.41) is 9.05. The Labute approximate surface area is 226 Å². The minimum absolute atomic E-state index is 0.0506. The maximum absolute atomic E-state index is 12.6. The van der Waals surface area contributed by atoms with E-state index < -0.39 is 29.9 Å². The molecular formula is C30H56O7. The number of unbranched alkanes of at least 4 members (excludes halogenated alkanes) is 6. The third-order valence-corrected chi connectivity index (χ3v) is 6.59. The Kier molecular flexibility index (Phi) is 20.2. The Morgan fingerprint density at radius 2 is 1.22 bits per heavy atom. The molecule has 1 N–H and O–H groups in total. The van der Waals surface area contributed by atoms with Crippen LogP contribution < -0.4 is 0 Å². The van der Waals surface area contributed by atoms with Crippen molar-refractivity contribution in [2.24, 2.45) is 5.92 Å². The second kappa shape index (κ2) is 21.2. The monoisotopic (exact) mass is 528 g/mol. The largest absolute Gasteiger partial charge is 0.508 e. The van der Waals surface area contributed by atoms with Crippen LogP contribution in [0.1, 0.15) is 151 Å². The normalized spacial score (nSPS) is 13.3. The average Bonchev–Trinajstić information content (AvgIpc) is 2.80. The van der Waals surface area contributed by atoms with E-state index in [9.17, 15) is 14.4 Å². The van der Waals surface area contributed by atoms with Gasteiger partial charge in [-0.05, 0) is 71.1 Å². The van der Waals surface area contributed by atoms with Gasteiger partial charge in [0.05, 0.1) is 0 Å². The molecule has 218 valence electrons. The summed E-state index contributed by atoms with van der Waals surface area (Å²) < 4.78 is 16.9. The van der Waals surface area contributed by atoms with Crippen molar-refractivity contribution >= 4 is 18.1 Å². The molecule has 37 heavy (non-hydrogen) atoms. The summed E-state index contributed by atoms with van der Waals surface area (Å²) in [7, 11) is 0. The Morgan fingerprint density at radius 1 is 0.703 bits per heavy atom. The summed E-state index contributed by atoms with van der Waals surface area (Å²) in [4.78, 5) is 36.2. The Balaban J connectivity index is 4.89. The molecule has 0 saturated carbocycles. The van der Waals surface area contributed by atoms with Crippen molar-refractivity contribution in [3.8, 4) is 0 Å². The van der Waals surface area contributed by atoms with E-state index in [4.69, 9.17) is 19.3 Å². The molecule has 2 atom stereocenters. The third-order valence-electron chi connectivity index (χ3n) is 6.59. The highest BCUT2D eigenvalue weighted by Gasteiger charge is 2.25. The van der Waals surface area contributed by atoms with Crippen LogP contribution in [0.25, 0.3) is 0 Å². The zero-order valence-electron chi connectivity index (χ0n) is 24.6. The summed E-state index contributed by atoms with van der Waals surface area (Å²) in [5.74, 6) is -0.563. The molecule has 0 aromatic carbocycles. The molecule has 0 aliphatic heterocycles. The third kappa shape index (κ3) is 22.0. The summed E-state index contributed by atoms with van der Waals surface area (Å²) in [6.45, 7) is 12.5. The molecule has 0 aromatic heterocycles. The lowest BCUT2D eigenvalue weighted by atomic mass is 9.97. The zero-order valence-corrected chi connectivity index (χ0v) is 24.6. The van der Waals surface area contributed by atoms with Crippen LogP contribution in [0.2, 0.25) is 0 Å². The van der Waals surface area contributed by atoms with E-state index >= 15 is 0 Å². The lowest BCUT2D eigenvalue weighted by molar-refractivity contribution is -0.158. The molecule has 0 saturated heterocycles. The van der Waals surface area contributed by atoms with Crippen LogP contribution in [0.15, 0.2) is 0 Å². The standard InChI is InChI=1S/C30H56O7/c1-7-9-11-13-17-25(19-21-27(31)32)35-29(34)36-26(18-14-12-10-8-2)20-22-28(33)37-30(5,6)23-15-16-24(3)4/h24-26H,7-23H2,1-6H3,(H,31,32). The van der Waals surface area contributed by atoms with Crippen molar-refractivity contribution in [3.05, 3.63) is 0 Å². The van der Waals surface area contributed by atoms with E-state index in [2.05, 4.69) is 27.7 Å². The van der Waals surface area contributed by atoms with Crippen LogP contribution in [0.5, 0.6) is 0 Å². The number of hydrogen-bond acceptors (Lipinski definition) is 6. The molecule has 0 aromatic rings. The number of carbonyl (C=O) groups is 3. The number of rotatable bonds is 23. The highest BCUT2D eigenvalue weighted by atomic mass is 16.7. The van der Waals surface area contributed by atoms with Crippen LogP contribution >= 0.6 is 0 Å². The Hall–Kier alpha value is -1.79. The quantitative estimate of drug-likeness (QED) is 0.105. The first-order chi connectivity index (χ1) is 17.5. The predicted molar refractivity (Wildman–Crippen MR) is 148 cm³/mol. The van der Waals surface area contributed by atoms with Gasteiger partial charge in [0, 0.05) is 12.8 Å². The van der Waals surface area contributed by atoms with Gasteiger partial charge in [-0.15, -0.1) is 0 Å². The van der Waals surface area contributed by atoms with Crippen molar-refractivity contribution in [2.75, 3.05) is 0 Å². The summed E-state index contributed by atoms with van der Waals surface area (Å²) in [5.41, 5.74) is -0.516. The number of carbonyl (C=O) groups excluding carboxylic acids is 2. The van der Waals surface area contributed by atoms with Gasteiger partial charge in [-0.3, -0.25) is 9.59 Å². The van der Waals surface area contributed by atoms with Gasteiger partial charge in [-0.25, -0.2) is 4.79 Å². The topological polar surface area (TPSA) is 99.1 Å². The number of aliphatic carboxylic acids is 1. The van der Waals surface area contributed by atoms with Gasteiger partial charge in [0.15, 0.2) is 0 Å². The fraction of sp³-hybridized carbons (Fsp3) is 0.900. The molecule has 0 heterocycles. The smallest absolute Gasteiger partial charge is 0.481 e. The number of carboxylic acids is 1. The van der Waals surface area contributed by atoms with Crippen LogP contribution in [0.4, 0.5) is 4.79 Å². The first-order valence-corrected chi connectivity index (χ1v) is 14.8. The second-order valence-corrected chi connectivity index (χ2v) is 11.4. The molecule has 0 amide bonds. The lowest BCUT2D eigenvalue weighted by Crippen LogP contribution is -2.29. The molecule has 0 fully saturated rings. The molecule has 0 rings (SSSR count). The average molecular weight is 529 g/mol. The summed E-state index contributed by atoms with van der Waals surface area (Å²) in [6, 6.07) is 0. The van der Waals surface area contributed by atoms with Crippen LogP contribution in [0, 0.1) is 5.92 Å². The first-order valence-electron chi connectivity index (χ1n) is 14.8. The van der Waals surface area contributed by atoms with E-state index in [0.29, 0.717) is 25.2 Å². The van der Waals surface area contributed by atoms with Crippen molar-refractivity contribution < 1.29 is 33.7 Å². The maximum atomic E-state index is 12.6. The molecule has 0 radical (unpaired) electrons. The lowest BCUT2D eigenvalue weighted by Gasteiger charge is -2.26. The second-order valence-electron chi connectivity index (χ2n) is 11.4. The van der Waals surface area contributed by atoms with E-state index in [1.807, 2.05) is 13.8 Å². The molecule has 7 heteroatoms. The molecule has 0 aliphatic rings. The van der Waals surface area contributed by atoms with Crippen LogP contribution in [0.3, 0.4) is 0 Å². The van der Waals surface area contributed by atoms with E-state index in [1.54, 1.807) is 0 Å². The number of esters is 1. The number of ether oxygens (including phenoxy) is 3. The zero-order chi connectivity index (χ0) is 28.1. The fourth-order valence-electron chi connectivity index (χ4n) is 4.33. The van der Waals surface area contributed by atoms with E-state index in [1.165, 1.54) is 0 Å². The van der Waals surface area contributed by atoms with Crippen LogP contribution in [-0.4, -0.2) is 41.0 Å².